The highest BCUT2D eigenvalue weighted by Crippen LogP contribution is 2.35. The summed E-state index contributed by atoms with van der Waals surface area (Å²) in [6.07, 6.45) is -2.18. The number of hydrogen-bond acceptors (Lipinski definition) is 5. The smallest absolute Gasteiger partial charge is 0.337 e. The molecule has 0 aliphatic rings. The molecule has 0 aromatic heterocycles. The molecule has 11 heteroatoms. The minimum atomic E-state index is -1.30. The summed E-state index contributed by atoms with van der Waals surface area (Å²) < 4.78 is 5.43. The Morgan fingerprint density at radius 3 is 1.71 bits per heavy atom. The highest BCUT2D eigenvalue weighted by atomic mass is 127. The third-order valence-corrected chi connectivity index (χ3v) is 6.00. The number of ether oxygens (including phenoxy) is 1. The monoisotopic (exact) mass is 675 g/mol. The lowest BCUT2D eigenvalue weighted by Crippen LogP contribution is -2.31. The van der Waals surface area contributed by atoms with E-state index >= 15 is 0 Å². The number of benzene rings is 1. The van der Waals surface area contributed by atoms with Crippen molar-refractivity contribution in [2.75, 3.05) is 5.32 Å². The fourth-order valence-electron chi connectivity index (χ4n) is 1.73. The molecule has 0 aliphatic heterocycles. The highest BCUT2D eigenvalue weighted by molar-refractivity contribution is 14.1. The summed E-state index contributed by atoms with van der Waals surface area (Å²) in [7, 11) is 0. The van der Waals surface area contributed by atoms with Gasteiger partial charge in [-0.15, -0.1) is 0 Å². The van der Waals surface area contributed by atoms with Crippen LogP contribution in [0.25, 0.3) is 0 Å². The summed E-state index contributed by atoms with van der Waals surface area (Å²) in [6.45, 7) is 2.75. The van der Waals surface area contributed by atoms with Crippen molar-refractivity contribution in [3.63, 3.8) is 0 Å². The number of carbonyl (C=O) groups excluding carboxylic acids is 1. The molecule has 0 spiro atoms. The molecule has 0 heterocycles. The number of aliphatic hydroxyl groups is 1. The number of halogens is 3. The Morgan fingerprint density at radius 1 is 0.958 bits per heavy atom. The van der Waals surface area contributed by atoms with Gasteiger partial charge in [-0.05, 0) is 81.6 Å². The zero-order chi connectivity index (χ0) is 18.8. The van der Waals surface area contributed by atoms with Gasteiger partial charge in [-0.25, -0.2) is 9.59 Å². The van der Waals surface area contributed by atoms with Crippen LogP contribution in [-0.2, 0) is 9.53 Å². The van der Waals surface area contributed by atoms with Gasteiger partial charge in [0.25, 0.3) is 5.91 Å². The lowest BCUT2D eigenvalue weighted by molar-refractivity contribution is -0.148. The van der Waals surface area contributed by atoms with Gasteiger partial charge >= 0.3 is 11.9 Å². The van der Waals surface area contributed by atoms with Crippen molar-refractivity contribution < 1.29 is 34.4 Å². The molecule has 0 saturated heterocycles. The molecule has 1 rings (SSSR count). The van der Waals surface area contributed by atoms with Gasteiger partial charge in [-0.1, -0.05) is 0 Å². The van der Waals surface area contributed by atoms with Crippen LogP contribution in [0.15, 0.2) is 0 Å². The molecular formula is C13H12I3NO7. The van der Waals surface area contributed by atoms with Crippen LogP contribution in [0, 0.1) is 10.7 Å². The molecule has 24 heavy (non-hydrogen) atoms. The molecule has 8 nitrogen and oxygen atoms in total. The Bertz CT molecular complexity index is 664. The number of amides is 1. The molecule has 0 bridgehead atoms. The molecule has 0 radical (unpaired) electrons. The highest BCUT2D eigenvalue weighted by Gasteiger charge is 2.29. The lowest BCUT2D eigenvalue weighted by atomic mass is 10.1. The Labute approximate surface area is 177 Å². The second-order valence-corrected chi connectivity index (χ2v) is 7.78. The Kier molecular flexibility index (Phi) is 8.08. The van der Waals surface area contributed by atoms with Crippen LogP contribution in [0.1, 0.15) is 34.6 Å². The van der Waals surface area contributed by atoms with Crippen molar-refractivity contribution in [3.8, 4) is 0 Å². The van der Waals surface area contributed by atoms with Gasteiger partial charge in [0.05, 0.1) is 24.0 Å². The third kappa shape index (κ3) is 4.89. The minimum Gasteiger partial charge on any atom is -0.478 e. The Morgan fingerprint density at radius 2 is 1.38 bits per heavy atom. The number of nitrogens with one attached hydrogen (secondary N) is 1. The van der Waals surface area contributed by atoms with Crippen molar-refractivity contribution >= 4 is 91.3 Å². The molecule has 0 aliphatic carbocycles. The van der Waals surface area contributed by atoms with E-state index in [0.29, 0.717) is 0 Å². The number of carboxylic acid groups (broad SMARTS) is 2. The predicted octanol–water partition coefficient (Wildman–Crippen LogP) is 2.58. The van der Waals surface area contributed by atoms with Gasteiger partial charge in [0.15, 0.2) is 6.29 Å². The van der Waals surface area contributed by atoms with E-state index in [1.54, 1.807) is 67.8 Å². The second kappa shape index (κ2) is 8.91. The van der Waals surface area contributed by atoms with E-state index < -0.39 is 30.2 Å². The SMILES string of the molecule is CC(O)O[C@@H](C)C(=O)Nc1c(I)c(C(=O)O)c(I)c(C(=O)O)c1I. The standard InChI is InChI=1S/C13H12I3NO7/c1-3(24-4(2)18)11(19)17-10-8(15)5(12(20)21)7(14)6(9(10)16)13(22)23/h3-4,18H,1-2H3,(H,17,19)(H,20,21)(H,22,23)/t3-,4?/m0/s1. The maximum atomic E-state index is 12.1. The molecule has 1 unspecified atom stereocenters. The van der Waals surface area contributed by atoms with Gasteiger partial charge in [-0.3, -0.25) is 4.79 Å². The van der Waals surface area contributed by atoms with Crippen molar-refractivity contribution in [2.45, 2.75) is 26.2 Å². The van der Waals surface area contributed by atoms with Crippen LogP contribution in [0.5, 0.6) is 0 Å². The Hall–Kier alpha value is -0.260. The van der Waals surface area contributed by atoms with E-state index in [9.17, 15) is 24.6 Å². The second-order valence-electron chi connectivity index (χ2n) is 4.54. The zero-order valence-electron chi connectivity index (χ0n) is 12.3. The first-order chi connectivity index (χ1) is 11.0. The van der Waals surface area contributed by atoms with Gasteiger partial charge in [0.2, 0.25) is 0 Å². The average molecular weight is 675 g/mol. The third-order valence-electron chi connectivity index (χ3n) is 2.76. The number of anilines is 1. The van der Waals surface area contributed by atoms with E-state index in [2.05, 4.69) is 5.32 Å². The number of rotatable bonds is 6. The molecule has 0 fully saturated rings. The average Bonchev–Trinajstić information content (AvgIpc) is 2.41. The molecule has 0 saturated carbocycles. The predicted molar refractivity (Wildman–Crippen MR) is 109 cm³/mol. The summed E-state index contributed by atoms with van der Waals surface area (Å²) in [5.41, 5.74) is -0.320. The summed E-state index contributed by atoms with van der Waals surface area (Å²) in [4.78, 5) is 35.1. The van der Waals surface area contributed by atoms with Crippen molar-refractivity contribution in [3.05, 3.63) is 21.8 Å². The molecule has 1 amide bonds. The lowest BCUT2D eigenvalue weighted by Gasteiger charge is -2.19. The number of carbonyl (C=O) groups is 3. The molecule has 1 aromatic rings. The zero-order valence-corrected chi connectivity index (χ0v) is 18.7. The number of hydrogen-bond donors (Lipinski definition) is 4. The summed E-state index contributed by atoms with van der Waals surface area (Å²) >= 11 is 5.14. The Balaban J connectivity index is 3.45. The molecule has 4 N–H and O–H groups in total. The molecular weight excluding hydrogens is 663 g/mol. The van der Waals surface area contributed by atoms with Gasteiger partial charge < -0.3 is 25.4 Å². The first kappa shape index (κ1) is 21.8. The van der Waals surface area contributed by atoms with Crippen molar-refractivity contribution in [1.29, 1.82) is 0 Å². The van der Waals surface area contributed by atoms with E-state index in [1.807, 2.05) is 0 Å². The van der Waals surface area contributed by atoms with Crippen LogP contribution in [0.4, 0.5) is 5.69 Å². The van der Waals surface area contributed by atoms with Crippen LogP contribution in [0.3, 0.4) is 0 Å². The van der Waals surface area contributed by atoms with E-state index in [1.165, 1.54) is 13.8 Å². The maximum Gasteiger partial charge on any atom is 0.337 e. The molecule has 132 valence electrons. The van der Waals surface area contributed by atoms with Gasteiger partial charge in [0.1, 0.15) is 6.10 Å². The fraction of sp³-hybridized carbons (Fsp3) is 0.308. The first-order valence-corrected chi connectivity index (χ1v) is 9.54. The summed E-state index contributed by atoms with van der Waals surface area (Å²) in [5.74, 6) is -3.24. The normalized spacial score (nSPS) is 13.2. The minimum absolute atomic E-state index is 0.0766. The van der Waals surface area contributed by atoms with Crippen LogP contribution in [0.2, 0.25) is 0 Å². The quantitative estimate of drug-likeness (QED) is 0.270. The number of carboxylic acids is 2. The maximum absolute atomic E-state index is 12.1. The fourth-order valence-corrected chi connectivity index (χ4v) is 6.09. The van der Waals surface area contributed by atoms with Crippen molar-refractivity contribution in [1.82, 2.24) is 0 Å². The van der Waals surface area contributed by atoms with Crippen LogP contribution < -0.4 is 5.32 Å². The van der Waals surface area contributed by atoms with Crippen LogP contribution in [-0.4, -0.2) is 45.6 Å². The number of aromatic carboxylic acids is 2. The van der Waals surface area contributed by atoms with E-state index in [-0.39, 0.29) is 27.5 Å². The van der Waals surface area contributed by atoms with Crippen molar-refractivity contribution in [2.24, 2.45) is 0 Å². The van der Waals surface area contributed by atoms with E-state index in [0.717, 1.165) is 0 Å². The van der Waals surface area contributed by atoms with Crippen LogP contribution >= 0.6 is 67.8 Å². The topological polar surface area (TPSA) is 133 Å². The van der Waals surface area contributed by atoms with Gasteiger partial charge in [0, 0.05) is 3.57 Å². The summed E-state index contributed by atoms with van der Waals surface area (Å²) in [5, 5.41) is 30.3. The molecule has 1 aromatic carbocycles. The van der Waals surface area contributed by atoms with E-state index in [4.69, 9.17) is 9.84 Å². The molecule has 2 atom stereocenters. The van der Waals surface area contributed by atoms with Gasteiger partial charge in [-0.2, -0.15) is 0 Å². The largest absolute Gasteiger partial charge is 0.478 e. The summed E-state index contributed by atoms with van der Waals surface area (Å²) in [6, 6.07) is 0. The number of aliphatic hydroxyl groups excluding tert-OH is 1. The first-order valence-electron chi connectivity index (χ1n) is 6.30.